The molecule has 0 bridgehead atoms. The molecule has 2 fully saturated rings. The number of rotatable bonds is 4. The Kier molecular flexibility index (Phi) is 4.73. The monoisotopic (exact) mass is 321 g/mol. The number of ether oxygens (including phenoxy) is 1. The van der Waals surface area contributed by atoms with Crippen molar-refractivity contribution < 1.29 is 14.6 Å². The third-order valence-corrected chi connectivity index (χ3v) is 5.38. The molecule has 1 amide bonds. The highest BCUT2D eigenvalue weighted by Crippen LogP contribution is 2.37. The summed E-state index contributed by atoms with van der Waals surface area (Å²) in [5.41, 5.74) is 0.963. The highest BCUT2D eigenvalue weighted by Gasteiger charge is 2.40. The highest BCUT2D eigenvalue weighted by molar-refractivity contribution is 5.80. The summed E-state index contributed by atoms with van der Waals surface area (Å²) in [7, 11) is 0. The zero-order valence-corrected chi connectivity index (χ0v) is 14.1. The standard InChI is InChI=1S/C17H27N3O3/c1-3-20-11-13(10-18-20)15-14(4-9-23-15)16(22)19-7-5-17(2,12-21)6-8-19/h10-11,14-15,21H,3-9,12H2,1-2H3/t14-,15+/m0/s1. The summed E-state index contributed by atoms with van der Waals surface area (Å²) in [5, 5.41) is 13.8. The molecule has 0 unspecified atom stereocenters. The molecule has 1 aromatic heterocycles. The largest absolute Gasteiger partial charge is 0.396 e. The number of carbonyl (C=O) groups excluding carboxylic acids is 1. The number of amides is 1. The Labute approximate surface area is 137 Å². The maximum Gasteiger partial charge on any atom is 0.228 e. The number of aliphatic hydroxyl groups is 1. The number of aliphatic hydroxyl groups excluding tert-OH is 1. The summed E-state index contributed by atoms with van der Waals surface area (Å²) in [6.07, 6.45) is 6.12. The van der Waals surface area contributed by atoms with Gasteiger partial charge in [0, 0.05) is 44.6 Å². The van der Waals surface area contributed by atoms with E-state index in [2.05, 4.69) is 12.0 Å². The van der Waals surface area contributed by atoms with Crippen molar-refractivity contribution in [1.82, 2.24) is 14.7 Å². The van der Waals surface area contributed by atoms with Gasteiger partial charge in [-0.1, -0.05) is 6.92 Å². The first-order valence-corrected chi connectivity index (χ1v) is 8.60. The molecular formula is C17H27N3O3. The molecule has 1 aromatic rings. The van der Waals surface area contributed by atoms with Crippen LogP contribution in [0.5, 0.6) is 0 Å². The van der Waals surface area contributed by atoms with Crippen molar-refractivity contribution in [1.29, 1.82) is 0 Å². The van der Waals surface area contributed by atoms with Crippen LogP contribution in [0.1, 0.15) is 44.8 Å². The van der Waals surface area contributed by atoms with E-state index in [0.717, 1.165) is 44.5 Å². The second kappa shape index (κ2) is 6.61. The van der Waals surface area contributed by atoms with Gasteiger partial charge in [-0.05, 0) is 31.6 Å². The molecule has 3 heterocycles. The lowest BCUT2D eigenvalue weighted by Crippen LogP contribution is -2.46. The van der Waals surface area contributed by atoms with E-state index >= 15 is 0 Å². The molecule has 23 heavy (non-hydrogen) atoms. The minimum absolute atomic E-state index is 0.0371. The van der Waals surface area contributed by atoms with Crippen molar-refractivity contribution in [3.8, 4) is 0 Å². The van der Waals surface area contributed by atoms with Crippen LogP contribution in [0, 0.1) is 11.3 Å². The van der Waals surface area contributed by atoms with Crippen LogP contribution < -0.4 is 0 Å². The van der Waals surface area contributed by atoms with Crippen molar-refractivity contribution in [2.75, 3.05) is 26.3 Å². The average Bonchev–Trinajstić information content (AvgIpc) is 3.23. The van der Waals surface area contributed by atoms with Crippen LogP contribution in [-0.2, 0) is 16.1 Å². The van der Waals surface area contributed by atoms with Gasteiger partial charge in [0.25, 0.3) is 0 Å². The van der Waals surface area contributed by atoms with Crippen molar-refractivity contribution in [3.63, 3.8) is 0 Å². The van der Waals surface area contributed by atoms with Gasteiger partial charge < -0.3 is 14.7 Å². The normalized spacial score (nSPS) is 27.3. The summed E-state index contributed by atoms with van der Waals surface area (Å²) in [6, 6.07) is 0. The summed E-state index contributed by atoms with van der Waals surface area (Å²) in [4.78, 5) is 14.9. The van der Waals surface area contributed by atoms with Crippen molar-refractivity contribution >= 4 is 5.91 Å². The number of hydrogen-bond acceptors (Lipinski definition) is 4. The van der Waals surface area contributed by atoms with Crippen LogP contribution in [0.2, 0.25) is 0 Å². The Hall–Kier alpha value is -1.40. The van der Waals surface area contributed by atoms with Crippen molar-refractivity contribution in [2.24, 2.45) is 11.3 Å². The molecule has 2 atom stereocenters. The molecule has 1 N–H and O–H groups in total. The number of hydrogen-bond donors (Lipinski definition) is 1. The van der Waals surface area contributed by atoms with Crippen molar-refractivity contribution in [2.45, 2.75) is 45.8 Å². The molecule has 2 aliphatic rings. The smallest absolute Gasteiger partial charge is 0.228 e. The van der Waals surface area contributed by atoms with Gasteiger partial charge in [0.1, 0.15) is 0 Å². The van der Waals surface area contributed by atoms with Crippen LogP contribution in [-0.4, -0.2) is 52.0 Å². The van der Waals surface area contributed by atoms with E-state index in [-0.39, 0.29) is 30.0 Å². The topological polar surface area (TPSA) is 67.6 Å². The number of aromatic nitrogens is 2. The molecular weight excluding hydrogens is 294 g/mol. The molecule has 128 valence electrons. The van der Waals surface area contributed by atoms with Gasteiger partial charge in [-0.2, -0.15) is 5.10 Å². The predicted molar refractivity (Wildman–Crippen MR) is 85.7 cm³/mol. The molecule has 0 saturated carbocycles. The van der Waals surface area contributed by atoms with Gasteiger partial charge in [-0.25, -0.2) is 0 Å². The number of aryl methyl sites for hydroxylation is 1. The zero-order valence-electron chi connectivity index (χ0n) is 14.1. The maximum absolute atomic E-state index is 12.9. The van der Waals surface area contributed by atoms with E-state index in [4.69, 9.17) is 4.74 Å². The number of carbonyl (C=O) groups is 1. The second-order valence-corrected chi connectivity index (χ2v) is 7.11. The first kappa shape index (κ1) is 16.5. The average molecular weight is 321 g/mol. The first-order chi connectivity index (χ1) is 11.1. The van der Waals surface area contributed by atoms with Crippen LogP contribution in [0.15, 0.2) is 12.4 Å². The Balaban J connectivity index is 1.67. The quantitative estimate of drug-likeness (QED) is 0.915. The van der Waals surface area contributed by atoms with E-state index in [9.17, 15) is 9.90 Å². The van der Waals surface area contributed by atoms with Crippen LogP contribution >= 0.6 is 0 Å². The molecule has 0 aliphatic carbocycles. The number of likely N-dealkylation sites (tertiary alicyclic amines) is 1. The molecule has 0 spiro atoms. The highest BCUT2D eigenvalue weighted by atomic mass is 16.5. The molecule has 6 nitrogen and oxygen atoms in total. The molecule has 2 saturated heterocycles. The van der Waals surface area contributed by atoms with E-state index in [0.29, 0.717) is 6.61 Å². The Morgan fingerprint density at radius 3 is 2.83 bits per heavy atom. The van der Waals surface area contributed by atoms with Crippen LogP contribution in [0.3, 0.4) is 0 Å². The SMILES string of the molecule is CCn1cc([C@H]2OCC[C@@H]2C(=O)N2CCC(C)(CO)CC2)cn1. The third kappa shape index (κ3) is 3.28. The Morgan fingerprint density at radius 2 is 2.22 bits per heavy atom. The van der Waals surface area contributed by atoms with E-state index in [1.165, 1.54) is 0 Å². The van der Waals surface area contributed by atoms with Gasteiger partial charge in [-0.3, -0.25) is 9.48 Å². The second-order valence-electron chi connectivity index (χ2n) is 7.11. The minimum atomic E-state index is -0.172. The van der Waals surface area contributed by atoms with E-state index in [1.807, 2.05) is 28.9 Å². The summed E-state index contributed by atoms with van der Waals surface area (Å²) >= 11 is 0. The third-order valence-electron chi connectivity index (χ3n) is 5.38. The van der Waals surface area contributed by atoms with Gasteiger partial charge in [0.2, 0.25) is 5.91 Å². The predicted octanol–water partition coefficient (Wildman–Crippen LogP) is 1.60. The molecule has 2 aliphatic heterocycles. The van der Waals surface area contributed by atoms with E-state index in [1.54, 1.807) is 0 Å². The fraction of sp³-hybridized carbons (Fsp3) is 0.765. The van der Waals surface area contributed by atoms with Crippen molar-refractivity contribution in [3.05, 3.63) is 18.0 Å². The van der Waals surface area contributed by atoms with Crippen LogP contribution in [0.25, 0.3) is 0 Å². The summed E-state index contributed by atoms with van der Waals surface area (Å²) < 4.78 is 7.71. The van der Waals surface area contributed by atoms with Gasteiger partial charge in [-0.15, -0.1) is 0 Å². The van der Waals surface area contributed by atoms with Gasteiger partial charge in [0.15, 0.2) is 0 Å². The first-order valence-electron chi connectivity index (χ1n) is 8.60. The lowest BCUT2D eigenvalue weighted by molar-refractivity contribution is -0.140. The molecule has 6 heteroatoms. The number of nitrogens with zero attached hydrogens (tertiary/aromatic N) is 3. The Bertz CT molecular complexity index is 549. The van der Waals surface area contributed by atoms with Crippen LogP contribution in [0.4, 0.5) is 0 Å². The molecule has 0 radical (unpaired) electrons. The molecule has 0 aromatic carbocycles. The lowest BCUT2D eigenvalue weighted by atomic mass is 9.81. The fourth-order valence-corrected chi connectivity index (χ4v) is 3.53. The maximum atomic E-state index is 12.9. The summed E-state index contributed by atoms with van der Waals surface area (Å²) in [5.74, 6) is 0.0831. The fourth-order valence-electron chi connectivity index (χ4n) is 3.53. The van der Waals surface area contributed by atoms with Gasteiger partial charge >= 0.3 is 0 Å². The minimum Gasteiger partial charge on any atom is -0.396 e. The lowest BCUT2D eigenvalue weighted by Gasteiger charge is -2.39. The van der Waals surface area contributed by atoms with Gasteiger partial charge in [0.05, 0.1) is 18.2 Å². The number of piperidine rings is 1. The molecule has 3 rings (SSSR count). The Morgan fingerprint density at radius 1 is 1.48 bits per heavy atom. The zero-order chi connectivity index (χ0) is 16.4. The summed E-state index contributed by atoms with van der Waals surface area (Å²) in [6.45, 7) is 7.23. The van der Waals surface area contributed by atoms with E-state index < -0.39 is 0 Å².